The standard InChI is InChI=1S/C11H19N3O2S/c1-7(2)9(5-16-3)14-10(15)4-8-6-17-11(12)13-8/h6-7,9H,4-5H2,1-3H3,(H2,12,13)(H,14,15). The zero-order valence-corrected chi connectivity index (χ0v) is 11.2. The lowest BCUT2D eigenvalue weighted by atomic mass is 10.1. The third-order valence-corrected chi connectivity index (χ3v) is 3.13. The van der Waals surface area contributed by atoms with Gasteiger partial charge in [0.05, 0.1) is 24.8 Å². The van der Waals surface area contributed by atoms with Crippen molar-refractivity contribution in [3.8, 4) is 0 Å². The third-order valence-electron chi connectivity index (χ3n) is 2.41. The Labute approximate surface area is 105 Å². The van der Waals surface area contributed by atoms with E-state index in [4.69, 9.17) is 10.5 Å². The van der Waals surface area contributed by atoms with E-state index in [0.29, 0.717) is 23.4 Å². The van der Waals surface area contributed by atoms with Gasteiger partial charge in [-0.25, -0.2) is 4.98 Å². The van der Waals surface area contributed by atoms with Gasteiger partial charge in [0.2, 0.25) is 5.91 Å². The van der Waals surface area contributed by atoms with E-state index in [2.05, 4.69) is 10.3 Å². The molecule has 0 fully saturated rings. The number of nitrogen functional groups attached to an aromatic ring is 1. The number of aromatic nitrogens is 1. The first-order valence-electron chi connectivity index (χ1n) is 5.51. The van der Waals surface area contributed by atoms with Gasteiger partial charge in [-0.05, 0) is 5.92 Å². The first kappa shape index (κ1) is 13.9. The van der Waals surface area contributed by atoms with Crippen molar-refractivity contribution >= 4 is 22.4 Å². The van der Waals surface area contributed by atoms with Crippen LogP contribution in [0.15, 0.2) is 5.38 Å². The van der Waals surface area contributed by atoms with Crippen molar-refractivity contribution < 1.29 is 9.53 Å². The largest absolute Gasteiger partial charge is 0.383 e. The maximum absolute atomic E-state index is 11.8. The Morgan fingerprint density at radius 2 is 2.35 bits per heavy atom. The molecule has 0 saturated carbocycles. The molecule has 0 saturated heterocycles. The van der Waals surface area contributed by atoms with Gasteiger partial charge in [0, 0.05) is 12.5 Å². The molecule has 1 rings (SSSR count). The molecule has 0 aliphatic heterocycles. The number of hydrogen-bond donors (Lipinski definition) is 2. The topological polar surface area (TPSA) is 77.2 Å². The number of methoxy groups -OCH3 is 1. The van der Waals surface area contributed by atoms with Crippen molar-refractivity contribution in [1.29, 1.82) is 0 Å². The molecular formula is C11H19N3O2S. The van der Waals surface area contributed by atoms with Crippen LogP contribution < -0.4 is 11.1 Å². The van der Waals surface area contributed by atoms with E-state index in [1.165, 1.54) is 11.3 Å². The molecule has 0 radical (unpaired) electrons. The average molecular weight is 257 g/mol. The Hall–Kier alpha value is -1.14. The quantitative estimate of drug-likeness (QED) is 0.798. The molecule has 0 bridgehead atoms. The highest BCUT2D eigenvalue weighted by Crippen LogP contribution is 2.11. The molecule has 1 atom stereocenters. The Morgan fingerprint density at radius 3 is 2.82 bits per heavy atom. The van der Waals surface area contributed by atoms with Crippen LogP contribution in [0.3, 0.4) is 0 Å². The maximum atomic E-state index is 11.8. The van der Waals surface area contributed by atoms with Gasteiger partial charge in [-0.2, -0.15) is 0 Å². The number of carbonyl (C=O) groups excluding carboxylic acids is 1. The van der Waals surface area contributed by atoms with Gasteiger partial charge in [0.1, 0.15) is 0 Å². The predicted octanol–water partition coefficient (Wildman–Crippen LogP) is 1.05. The molecule has 0 aromatic carbocycles. The first-order chi connectivity index (χ1) is 8.02. The smallest absolute Gasteiger partial charge is 0.226 e. The molecular weight excluding hydrogens is 238 g/mol. The van der Waals surface area contributed by atoms with Crippen LogP contribution in [0.4, 0.5) is 5.13 Å². The molecule has 0 aliphatic rings. The second-order valence-corrected chi connectivity index (χ2v) is 5.12. The highest BCUT2D eigenvalue weighted by molar-refractivity contribution is 7.13. The summed E-state index contributed by atoms with van der Waals surface area (Å²) >= 11 is 1.34. The average Bonchev–Trinajstić information content (AvgIpc) is 2.63. The van der Waals surface area contributed by atoms with E-state index < -0.39 is 0 Å². The Morgan fingerprint density at radius 1 is 1.65 bits per heavy atom. The first-order valence-corrected chi connectivity index (χ1v) is 6.39. The van der Waals surface area contributed by atoms with Crippen molar-refractivity contribution in [1.82, 2.24) is 10.3 Å². The summed E-state index contributed by atoms with van der Waals surface area (Å²) in [6.45, 7) is 4.61. The van der Waals surface area contributed by atoms with E-state index in [-0.39, 0.29) is 18.4 Å². The van der Waals surface area contributed by atoms with Gasteiger partial charge in [-0.1, -0.05) is 13.8 Å². The molecule has 1 unspecified atom stereocenters. The fraction of sp³-hybridized carbons (Fsp3) is 0.636. The highest BCUT2D eigenvalue weighted by Gasteiger charge is 2.16. The van der Waals surface area contributed by atoms with Crippen LogP contribution in [0.5, 0.6) is 0 Å². The Bertz CT molecular complexity index is 365. The van der Waals surface area contributed by atoms with Crippen molar-refractivity contribution in [2.45, 2.75) is 26.3 Å². The number of nitrogens with zero attached hydrogens (tertiary/aromatic N) is 1. The number of rotatable bonds is 6. The van der Waals surface area contributed by atoms with Crippen LogP contribution in [0.1, 0.15) is 19.5 Å². The van der Waals surface area contributed by atoms with Gasteiger partial charge in [0.25, 0.3) is 0 Å². The predicted molar refractivity (Wildman–Crippen MR) is 68.9 cm³/mol. The van der Waals surface area contributed by atoms with Gasteiger partial charge >= 0.3 is 0 Å². The highest BCUT2D eigenvalue weighted by atomic mass is 32.1. The molecule has 1 heterocycles. The summed E-state index contributed by atoms with van der Waals surface area (Å²) in [5.74, 6) is 0.283. The summed E-state index contributed by atoms with van der Waals surface area (Å²) in [4.78, 5) is 15.8. The minimum absolute atomic E-state index is 0.0310. The fourth-order valence-electron chi connectivity index (χ4n) is 1.41. The van der Waals surface area contributed by atoms with E-state index in [9.17, 15) is 4.79 Å². The number of nitrogens with one attached hydrogen (secondary N) is 1. The van der Waals surface area contributed by atoms with Gasteiger partial charge in [0.15, 0.2) is 5.13 Å². The number of ether oxygens (including phenoxy) is 1. The van der Waals surface area contributed by atoms with Crippen LogP contribution >= 0.6 is 11.3 Å². The number of carbonyl (C=O) groups is 1. The molecule has 1 aromatic rings. The molecule has 0 aliphatic carbocycles. The van der Waals surface area contributed by atoms with Crippen LogP contribution in [0, 0.1) is 5.92 Å². The van der Waals surface area contributed by atoms with Crippen molar-refractivity contribution in [2.24, 2.45) is 5.92 Å². The minimum Gasteiger partial charge on any atom is -0.383 e. The maximum Gasteiger partial charge on any atom is 0.226 e. The van der Waals surface area contributed by atoms with Crippen molar-refractivity contribution in [3.63, 3.8) is 0 Å². The van der Waals surface area contributed by atoms with E-state index in [1.54, 1.807) is 12.5 Å². The second-order valence-electron chi connectivity index (χ2n) is 4.23. The molecule has 1 aromatic heterocycles. The monoisotopic (exact) mass is 257 g/mol. The molecule has 96 valence electrons. The summed E-state index contributed by atoms with van der Waals surface area (Å²) in [7, 11) is 1.63. The van der Waals surface area contributed by atoms with E-state index >= 15 is 0 Å². The molecule has 1 amide bonds. The van der Waals surface area contributed by atoms with Gasteiger partial charge < -0.3 is 15.8 Å². The van der Waals surface area contributed by atoms with Crippen molar-refractivity contribution in [3.05, 3.63) is 11.1 Å². The SMILES string of the molecule is COCC(NC(=O)Cc1csc(N)n1)C(C)C. The lowest BCUT2D eigenvalue weighted by Gasteiger charge is -2.21. The zero-order chi connectivity index (χ0) is 12.8. The number of hydrogen-bond acceptors (Lipinski definition) is 5. The normalized spacial score (nSPS) is 12.7. The number of amides is 1. The van der Waals surface area contributed by atoms with Gasteiger partial charge in [-0.15, -0.1) is 11.3 Å². The van der Waals surface area contributed by atoms with Crippen LogP contribution in [0.25, 0.3) is 0 Å². The fourth-order valence-corrected chi connectivity index (χ4v) is 1.97. The summed E-state index contributed by atoms with van der Waals surface area (Å²) in [6, 6.07) is 0.0310. The second kappa shape index (κ2) is 6.56. The van der Waals surface area contributed by atoms with Crippen LogP contribution in [0.2, 0.25) is 0 Å². The lowest BCUT2D eigenvalue weighted by Crippen LogP contribution is -2.42. The summed E-state index contributed by atoms with van der Waals surface area (Å²) in [6.07, 6.45) is 0.265. The van der Waals surface area contributed by atoms with Crippen molar-refractivity contribution in [2.75, 3.05) is 19.5 Å². The molecule has 0 spiro atoms. The third kappa shape index (κ3) is 4.70. The zero-order valence-electron chi connectivity index (χ0n) is 10.4. The molecule has 5 nitrogen and oxygen atoms in total. The summed E-state index contributed by atoms with van der Waals surface area (Å²) in [5, 5.41) is 5.23. The summed E-state index contributed by atoms with van der Waals surface area (Å²) < 4.78 is 5.07. The number of nitrogens with two attached hydrogens (primary N) is 1. The Kier molecular flexibility index (Phi) is 5.37. The van der Waals surface area contributed by atoms with Crippen LogP contribution in [-0.2, 0) is 16.0 Å². The molecule has 3 N–H and O–H groups in total. The minimum atomic E-state index is -0.0500. The van der Waals surface area contributed by atoms with E-state index in [0.717, 1.165) is 0 Å². The van der Waals surface area contributed by atoms with Crippen LogP contribution in [-0.4, -0.2) is 30.6 Å². The van der Waals surface area contributed by atoms with Gasteiger partial charge in [-0.3, -0.25) is 4.79 Å². The Balaban J connectivity index is 2.47. The van der Waals surface area contributed by atoms with E-state index in [1.807, 2.05) is 13.8 Å². The number of anilines is 1. The lowest BCUT2D eigenvalue weighted by molar-refractivity contribution is -0.121. The molecule has 6 heteroatoms. The summed E-state index contributed by atoms with van der Waals surface area (Å²) in [5.41, 5.74) is 6.22. The number of thiazole rings is 1. The molecule has 17 heavy (non-hydrogen) atoms.